The molecule has 0 saturated heterocycles. The summed E-state index contributed by atoms with van der Waals surface area (Å²) in [6, 6.07) is 8.15. The number of benzene rings is 1. The van der Waals surface area contributed by atoms with Gasteiger partial charge in [-0.15, -0.1) is 0 Å². The fourth-order valence-electron chi connectivity index (χ4n) is 1.97. The van der Waals surface area contributed by atoms with Crippen molar-refractivity contribution in [1.82, 2.24) is 10.2 Å². The number of nitrogens with two attached hydrogens (primary N) is 1. The van der Waals surface area contributed by atoms with Crippen molar-refractivity contribution >= 4 is 5.82 Å². The van der Waals surface area contributed by atoms with E-state index in [-0.39, 0.29) is 0 Å². The molecule has 1 aromatic heterocycles. The fourth-order valence-corrected chi connectivity index (χ4v) is 1.97. The monoisotopic (exact) mass is 245 g/mol. The minimum absolute atomic E-state index is 0.501. The minimum atomic E-state index is 0.501. The zero-order valence-corrected chi connectivity index (χ0v) is 11.0. The van der Waals surface area contributed by atoms with E-state index in [2.05, 4.69) is 36.2 Å². The number of anilines is 1. The van der Waals surface area contributed by atoms with E-state index in [1.807, 2.05) is 12.1 Å². The molecule has 1 heterocycles. The molecular formula is C14H19N3O. The number of nitrogens with zero attached hydrogens (tertiary/aromatic N) is 1. The zero-order valence-electron chi connectivity index (χ0n) is 11.0. The standard InChI is InChI=1S/C14H19N3O/c1-9(2)10-4-5-13(18-3)11(6-10)7-12-8-14(15)17-16-12/h4-6,8-9H,7H2,1-3H3,(H3,15,16,17). The Bertz CT molecular complexity index is 532. The first-order valence-electron chi connectivity index (χ1n) is 6.06. The van der Waals surface area contributed by atoms with Gasteiger partial charge in [-0.25, -0.2) is 0 Å². The Balaban J connectivity index is 2.32. The van der Waals surface area contributed by atoms with Crippen LogP contribution in [0.25, 0.3) is 0 Å². The fraction of sp³-hybridized carbons (Fsp3) is 0.357. The van der Waals surface area contributed by atoms with Crippen LogP contribution in [0.3, 0.4) is 0 Å². The van der Waals surface area contributed by atoms with Crippen molar-refractivity contribution in [2.24, 2.45) is 0 Å². The second-order valence-electron chi connectivity index (χ2n) is 4.72. The number of H-pyrrole nitrogens is 1. The number of aromatic nitrogens is 2. The van der Waals surface area contributed by atoms with E-state index >= 15 is 0 Å². The highest BCUT2D eigenvalue weighted by Gasteiger charge is 2.09. The number of methoxy groups -OCH3 is 1. The molecule has 2 rings (SSSR count). The van der Waals surface area contributed by atoms with Gasteiger partial charge in [-0.3, -0.25) is 5.10 Å². The number of rotatable bonds is 4. The molecule has 0 aliphatic heterocycles. The summed E-state index contributed by atoms with van der Waals surface area (Å²) in [5.41, 5.74) is 9.05. The van der Waals surface area contributed by atoms with Gasteiger partial charge in [0, 0.05) is 23.7 Å². The average Bonchev–Trinajstić information content (AvgIpc) is 2.74. The van der Waals surface area contributed by atoms with Crippen molar-refractivity contribution in [1.29, 1.82) is 0 Å². The van der Waals surface area contributed by atoms with Gasteiger partial charge < -0.3 is 10.5 Å². The Kier molecular flexibility index (Phi) is 3.55. The van der Waals surface area contributed by atoms with Gasteiger partial charge in [0.15, 0.2) is 0 Å². The molecule has 0 fully saturated rings. The van der Waals surface area contributed by atoms with Gasteiger partial charge in [0.25, 0.3) is 0 Å². The van der Waals surface area contributed by atoms with Crippen molar-refractivity contribution < 1.29 is 4.74 Å². The van der Waals surface area contributed by atoms with Gasteiger partial charge in [-0.05, 0) is 17.5 Å². The summed E-state index contributed by atoms with van der Waals surface area (Å²) in [4.78, 5) is 0. The first-order valence-corrected chi connectivity index (χ1v) is 6.06. The van der Waals surface area contributed by atoms with Gasteiger partial charge in [0.05, 0.1) is 7.11 Å². The van der Waals surface area contributed by atoms with E-state index in [4.69, 9.17) is 10.5 Å². The molecule has 0 aliphatic rings. The third-order valence-electron chi connectivity index (χ3n) is 3.00. The molecule has 2 aromatic rings. The Morgan fingerprint density at radius 3 is 2.67 bits per heavy atom. The maximum absolute atomic E-state index is 5.61. The molecule has 0 saturated carbocycles. The first-order chi connectivity index (χ1) is 8.60. The SMILES string of the molecule is COc1ccc(C(C)C)cc1Cc1cc(N)n[nH]1. The van der Waals surface area contributed by atoms with Gasteiger partial charge in [-0.1, -0.05) is 26.0 Å². The van der Waals surface area contributed by atoms with Crippen LogP contribution in [0, 0.1) is 0 Å². The van der Waals surface area contributed by atoms with Crippen molar-refractivity contribution in [3.8, 4) is 5.75 Å². The predicted octanol–water partition coefficient (Wildman–Crippen LogP) is 2.71. The van der Waals surface area contributed by atoms with Gasteiger partial charge in [0.1, 0.15) is 11.6 Å². The molecule has 4 heteroatoms. The smallest absolute Gasteiger partial charge is 0.145 e. The van der Waals surface area contributed by atoms with Crippen molar-refractivity contribution in [2.45, 2.75) is 26.2 Å². The van der Waals surface area contributed by atoms with Gasteiger partial charge in [0.2, 0.25) is 0 Å². The van der Waals surface area contributed by atoms with E-state index in [9.17, 15) is 0 Å². The lowest BCUT2D eigenvalue weighted by Gasteiger charge is -2.12. The van der Waals surface area contributed by atoms with Crippen LogP contribution in [-0.4, -0.2) is 17.3 Å². The molecule has 18 heavy (non-hydrogen) atoms. The number of hydrogen-bond donors (Lipinski definition) is 2. The Hall–Kier alpha value is -1.97. The topological polar surface area (TPSA) is 63.9 Å². The van der Waals surface area contributed by atoms with Crippen LogP contribution in [0.1, 0.15) is 36.6 Å². The van der Waals surface area contributed by atoms with E-state index in [1.54, 1.807) is 7.11 Å². The maximum Gasteiger partial charge on any atom is 0.145 e. The molecule has 96 valence electrons. The number of aromatic amines is 1. The van der Waals surface area contributed by atoms with Crippen LogP contribution in [0.15, 0.2) is 24.3 Å². The Morgan fingerprint density at radius 2 is 2.11 bits per heavy atom. The lowest BCUT2D eigenvalue weighted by Crippen LogP contribution is -1.97. The summed E-state index contributed by atoms with van der Waals surface area (Å²) < 4.78 is 5.39. The lowest BCUT2D eigenvalue weighted by atomic mass is 9.98. The zero-order chi connectivity index (χ0) is 13.1. The van der Waals surface area contributed by atoms with E-state index in [0.717, 1.165) is 23.4 Å². The molecular weight excluding hydrogens is 226 g/mol. The lowest BCUT2D eigenvalue weighted by molar-refractivity contribution is 0.410. The van der Waals surface area contributed by atoms with Crippen LogP contribution in [-0.2, 0) is 6.42 Å². The quantitative estimate of drug-likeness (QED) is 0.870. The third-order valence-corrected chi connectivity index (χ3v) is 3.00. The maximum atomic E-state index is 5.61. The molecule has 1 aromatic carbocycles. The highest BCUT2D eigenvalue weighted by molar-refractivity contribution is 5.41. The molecule has 0 radical (unpaired) electrons. The highest BCUT2D eigenvalue weighted by atomic mass is 16.5. The molecule has 3 N–H and O–H groups in total. The van der Waals surface area contributed by atoms with Crippen LogP contribution >= 0.6 is 0 Å². The number of ether oxygens (including phenoxy) is 1. The van der Waals surface area contributed by atoms with E-state index in [1.165, 1.54) is 5.56 Å². The summed E-state index contributed by atoms with van der Waals surface area (Å²) in [5, 5.41) is 6.86. The summed E-state index contributed by atoms with van der Waals surface area (Å²) in [6.45, 7) is 4.36. The number of hydrogen-bond acceptors (Lipinski definition) is 3. The van der Waals surface area contributed by atoms with Crippen molar-refractivity contribution in [2.75, 3.05) is 12.8 Å². The largest absolute Gasteiger partial charge is 0.496 e. The summed E-state index contributed by atoms with van der Waals surface area (Å²) in [6.07, 6.45) is 0.744. The molecule has 0 atom stereocenters. The Labute approximate surface area is 107 Å². The molecule has 0 aliphatic carbocycles. The number of nitrogen functional groups attached to an aromatic ring is 1. The summed E-state index contributed by atoms with van der Waals surface area (Å²) in [7, 11) is 1.69. The molecule has 0 amide bonds. The van der Waals surface area contributed by atoms with Crippen LogP contribution in [0.5, 0.6) is 5.75 Å². The van der Waals surface area contributed by atoms with Crippen LogP contribution < -0.4 is 10.5 Å². The molecule has 0 spiro atoms. The Morgan fingerprint density at radius 1 is 1.33 bits per heavy atom. The van der Waals surface area contributed by atoms with Gasteiger partial charge in [-0.2, -0.15) is 5.10 Å². The van der Waals surface area contributed by atoms with Crippen LogP contribution in [0.2, 0.25) is 0 Å². The van der Waals surface area contributed by atoms with Gasteiger partial charge >= 0.3 is 0 Å². The minimum Gasteiger partial charge on any atom is -0.496 e. The number of nitrogens with one attached hydrogen (secondary N) is 1. The van der Waals surface area contributed by atoms with Crippen molar-refractivity contribution in [3.05, 3.63) is 41.1 Å². The van der Waals surface area contributed by atoms with Crippen LogP contribution in [0.4, 0.5) is 5.82 Å². The molecule has 0 bridgehead atoms. The molecule has 4 nitrogen and oxygen atoms in total. The first kappa shape index (κ1) is 12.5. The third kappa shape index (κ3) is 2.64. The van der Waals surface area contributed by atoms with E-state index < -0.39 is 0 Å². The second kappa shape index (κ2) is 5.12. The normalized spacial score (nSPS) is 10.9. The molecule has 0 unspecified atom stereocenters. The summed E-state index contributed by atoms with van der Waals surface area (Å²) in [5.74, 6) is 1.91. The van der Waals surface area contributed by atoms with Crippen molar-refractivity contribution in [3.63, 3.8) is 0 Å². The summed E-state index contributed by atoms with van der Waals surface area (Å²) >= 11 is 0. The highest BCUT2D eigenvalue weighted by Crippen LogP contribution is 2.26. The average molecular weight is 245 g/mol. The second-order valence-corrected chi connectivity index (χ2v) is 4.72. The van der Waals surface area contributed by atoms with E-state index in [0.29, 0.717) is 11.7 Å². The predicted molar refractivity (Wildman–Crippen MR) is 72.9 cm³/mol.